The number of ether oxygens (including phenoxy) is 1. The number of aryl methyl sites for hydroxylation is 2. The molecule has 1 amide bonds. The van der Waals surface area contributed by atoms with Crippen molar-refractivity contribution >= 4 is 16.8 Å². The normalized spacial score (nSPS) is 10.8. The summed E-state index contributed by atoms with van der Waals surface area (Å²) in [6.45, 7) is 4.73. The van der Waals surface area contributed by atoms with E-state index in [1.807, 2.05) is 49.4 Å². The van der Waals surface area contributed by atoms with Crippen molar-refractivity contribution in [3.05, 3.63) is 64.8 Å². The highest BCUT2D eigenvalue weighted by molar-refractivity contribution is 5.86. The van der Waals surface area contributed by atoms with Gasteiger partial charge in [0, 0.05) is 23.1 Å². The number of benzene rings is 2. The number of aromatic nitrogens is 1. The van der Waals surface area contributed by atoms with E-state index in [1.54, 1.807) is 7.11 Å². The van der Waals surface area contributed by atoms with E-state index < -0.39 is 0 Å². The van der Waals surface area contributed by atoms with Crippen LogP contribution in [0, 0.1) is 13.8 Å². The average molecular weight is 336 g/mol. The number of nitrogens with one attached hydrogen (secondary N) is 2. The summed E-state index contributed by atoms with van der Waals surface area (Å²) in [6.07, 6.45) is 1.21. The minimum absolute atomic E-state index is 0.0546. The third-order valence-corrected chi connectivity index (χ3v) is 4.51. The average Bonchev–Trinajstić information content (AvgIpc) is 2.92. The van der Waals surface area contributed by atoms with Crippen LogP contribution in [0.5, 0.6) is 5.75 Å². The van der Waals surface area contributed by atoms with Gasteiger partial charge in [0.15, 0.2) is 0 Å². The summed E-state index contributed by atoms with van der Waals surface area (Å²) in [5, 5.41) is 4.18. The SMILES string of the molecule is COc1ccc2[nH]c(C)c(CCNC(=O)Cc3ccc(C)cc3)c2c1. The monoisotopic (exact) mass is 336 g/mol. The first-order chi connectivity index (χ1) is 12.1. The summed E-state index contributed by atoms with van der Waals surface area (Å²) < 4.78 is 5.32. The van der Waals surface area contributed by atoms with Crippen molar-refractivity contribution in [3.63, 3.8) is 0 Å². The van der Waals surface area contributed by atoms with Crippen LogP contribution in [-0.4, -0.2) is 24.5 Å². The minimum Gasteiger partial charge on any atom is -0.497 e. The Bertz CT molecular complexity index is 879. The molecule has 25 heavy (non-hydrogen) atoms. The Kier molecular flexibility index (Phi) is 5.08. The second kappa shape index (κ2) is 7.43. The van der Waals surface area contributed by atoms with E-state index in [0.717, 1.165) is 34.3 Å². The van der Waals surface area contributed by atoms with E-state index in [4.69, 9.17) is 4.74 Å². The molecule has 3 aromatic rings. The van der Waals surface area contributed by atoms with Crippen molar-refractivity contribution in [1.29, 1.82) is 0 Å². The van der Waals surface area contributed by atoms with Gasteiger partial charge in [-0.15, -0.1) is 0 Å². The van der Waals surface area contributed by atoms with Gasteiger partial charge >= 0.3 is 0 Å². The number of methoxy groups -OCH3 is 1. The van der Waals surface area contributed by atoms with Gasteiger partial charge in [-0.25, -0.2) is 0 Å². The fourth-order valence-electron chi connectivity index (χ4n) is 3.09. The van der Waals surface area contributed by atoms with Gasteiger partial charge in [0.1, 0.15) is 5.75 Å². The largest absolute Gasteiger partial charge is 0.497 e. The highest BCUT2D eigenvalue weighted by Gasteiger charge is 2.10. The van der Waals surface area contributed by atoms with Crippen molar-refractivity contribution < 1.29 is 9.53 Å². The van der Waals surface area contributed by atoms with Gasteiger partial charge in [-0.05, 0) is 49.6 Å². The highest BCUT2D eigenvalue weighted by Crippen LogP contribution is 2.26. The molecule has 1 heterocycles. The fraction of sp³-hybridized carbons (Fsp3) is 0.286. The number of H-pyrrole nitrogens is 1. The molecule has 0 spiro atoms. The number of fused-ring (bicyclic) bond motifs is 1. The molecule has 0 unspecified atom stereocenters. The molecule has 0 saturated heterocycles. The van der Waals surface area contributed by atoms with Gasteiger partial charge in [-0.1, -0.05) is 29.8 Å². The summed E-state index contributed by atoms with van der Waals surface area (Å²) >= 11 is 0. The number of amides is 1. The lowest BCUT2D eigenvalue weighted by Crippen LogP contribution is -2.27. The van der Waals surface area contributed by atoms with Crippen LogP contribution in [0.3, 0.4) is 0 Å². The van der Waals surface area contributed by atoms with E-state index in [-0.39, 0.29) is 5.91 Å². The summed E-state index contributed by atoms with van der Waals surface area (Å²) in [4.78, 5) is 15.5. The minimum atomic E-state index is 0.0546. The standard InChI is InChI=1S/C21H24N2O2/c1-14-4-6-16(7-5-14)12-21(24)22-11-10-18-15(2)23-20-9-8-17(25-3)13-19(18)20/h4-9,13,23H,10-12H2,1-3H3,(H,22,24). The predicted octanol–water partition coefficient (Wildman–Crippen LogP) is 3.69. The van der Waals surface area contributed by atoms with Crippen LogP contribution >= 0.6 is 0 Å². The molecule has 4 nitrogen and oxygen atoms in total. The first kappa shape index (κ1) is 17.1. The van der Waals surface area contributed by atoms with Crippen LogP contribution < -0.4 is 10.1 Å². The first-order valence-corrected chi connectivity index (χ1v) is 8.54. The third-order valence-electron chi connectivity index (χ3n) is 4.51. The van der Waals surface area contributed by atoms with Crippen molar-refractivity contribution in [1.82, 2.24) is 10.3 Å². The molecule has 0 fully saturated rings. The first-order valence-electron chi connectivity index (χ1n) is 8.54. The number of carbonyl (C=O) groups excluding carboxylic acids is 1. The van der Waals surface area contributed by atoms with Gasteiger partial charge in [0.05, 0.1) is 13.5 Å². The molecule has 2 aromatic carbocycles. The maximum absolute atomic E-state index is 12.1. The number of hydrogen-bond acceptors (Lipinski definition) is 2. The maximum atomic E-state index is 12.1. The molecule has 0 atom stereocenters. The molecule has 0 saturated carbocycles. The molecule has 2 N–H and O–H groups in total. The molecular formula is C21H24N2O2. The summed E-state index contributed by atoms with van der Waals surface area (Å²) in [5.74, 6) is 0.898. The third kappa shape index (κ3) is 4.02. The van der Waals surface area contributed by atoms with Gasteiger partial charge in [-0.2, -0.15) is 0 Å². The van der Waals surface area contributed by atoms with Crippen LogP contribution in [0.1, 0.15) is 22.4 Å². The number of hydrogen-bond donors (Lipinski definition) is 2. The van der Waals surface area contributed by atoms with Gasteiger partial charge in [0.2, 0.25) is 5.91 Å². The molecule has 0 aliphatic heterocycles. The van der Waals surface area contributed by atoms with E-state index in [1.165, 1.54) is 11.1 Å². The topological polar surface area (TPSA) is 54.1 Å². The van der Waals surface area contributed by atoms with Crippen LogP contribution in [-0.2, 0) is 17.6 Å². The summed E-state index contributed by atoms with van der Waals surface area (Å²) in [7, 11) is 1.67. The van der Waals surface area contributed by atoms with Gasteiger partial charge in [-0.3, -0.25) is 4.79 Å². The zero-order chi connectivity index (χ0) is 17.8. The van der Waals surface area contributed by atoms with Crippen molar-refractivity contribution in [2.45, 2.75) is 26.7 Å². The Morgan fingerprint density at radius 1 is 1.12 bits per heavy atom. The second-order valence-electron chi connectivity index (χ2n) is 6.40. The molecular weight excluding hydrogens is 312 g/mol. The van der Waals surface area contributed by atoms with E-state index in [2.05, 4.69) is 17.2 Å². The number of carbonyl (C=O) groups is 1. The molecule has 0 radical (unpaired) electrons. The second-order valence-corrected chi connectivity index (χ2v) is 6.40. The maximum Gasteiger partial charge on any atom is 0.224 e. The lowest BCUT2D eigenvalue weighted by atomic mass is 10.1. The molecule has 0 aliphatic carbocycles. The van der Waals surface area contributed by atoms with E-state index in [0.29, 0.717) is 13.0 Å². The van der Waals surface area contributed by atoms with Crippen LogP contribution in [0.2, 0.25) is 0 Å². The summed E-state index contributed by atoms with van der Waals surface area (Å²) in [5.41, 5.74) is 5.70. The summed E-state index contributed by atoms with van der Waals surface area (Å²) in [6, 6.07) is 14.1. The van der Waals surface area contributed by atoms with Crippen molar-refractivity contribution in [2.75, 3.05) is 13.7 Å². The fourth-order valence-corrected chi connectivity index (χ4v) is 3.09. The van der Waals surface area contributed by atoms with Gasteiger partial charge < -0.3 is 15.0 Å². The molecule has 0 aliphatic rings. The number of aromatic amines is 1. The Morgan fingerprint density at radius 3 is 2.60 bits per heavy atom. The van der Waals surface area contributed by atoms with Crippen LogP contribution in [0.15, 0.2) is 42.5 Å². The lowest BCUT2D eigenvalue weighted by molar-refractivity contribution is -0.120. The zero-order valence-corrected chi connectivity index (χ0v) is 15.0. The molecule has 0 bridgehead atoms. The molecule has 3 rings (SSSR count). The molecule has 4 heteroatoms. The Hall–Kier alpha value is -2.75. The Labute approximate surface area is 148 Å². The molecule has 1 aromatic heterocycles. The van der Waals surface area contributed by atoms with E-state index in [9.17, 15) is 4.79 Å². The van der Waals surface area contributed by atoms with E-state index >= 15 is 0 Å². The number of rotatable bonds is 6. The quantitative estimate of drug-likeness (QED) is 0.721. The van der Waals surface area contributed by atoms with Crippen LogP contribution in [0.4, 0.5) is 0 Å². The van der Waals surface area contributed by atoms with Crippen molar-refractivity contribution in [2.24, 2.45) is 0 Å². The van der Waals surface area contributed by atoms with Crippen molar-refractivity contribution in [3.8, 4) is 5.75 Å². The molecule has 130 valence electrons. The predicted molar refractivity (Wildman–Crippen MR) is 101 cm³/mol. The Morgan fingerprint density at radius 2 is 1.88 bits per heavy atom. The zero-order valence-electron chi connectivity index (χ0n) is 15.0. The smallest absolute Gasteiger partial charge is 0.224 e. The lowest BCUT2D eigenvalue weighted by Gasteiger charge is -2.07. The van der Waals surface area contributed by atoms with Gasteiger partial charge in [0.25, 0.3) is 0 Å². The Balaban J connectivity index is 1.61. The van der Waals surface area contributed by atoms with Crippen LogP contribution in [0.25, 0.3) is 10.9 Å². The highest BCUT2D eigenvalue weighted by atomic mass is 16.5.